The third-order valence-corrected chi connectivity index (χ3v) is 3.70. The summed E-state index contributed by atoms with van der Waals surface area (Å²) in [6, 6.07) is -0.366. The average Bonchev–Trinajstić information content (AvgIpc) is 2.75. The Balaban J connectivity index is 0.00000200. The molecule has 7 heteroatoms. The van der Waals surface area contributed by atoms with Gasteiger partial charge in [0.1, 0.15) is 6.04 Å². The van der Waals surface area contributed by atoms with Crippen LogP contribution in [-0.4, -0.2) is 45.2 Å². The number of aromatic nitrogens is 2. The maximum absolute atomic E-state index is 11.2. The van der Waals surface area contributed by atoms with E-state index in [0.29, 0.717) is 18.2 Å². The molecule has 0 saturated carbocycles. The average molecular weight is 304 g/mol. The van der Waals surface area contributed by atoms with Gasteiger partial charge in [-0.15, -0.1) is 12.4 Å². The molecule has 1 fully saturated rings. The number of carboxylic acids is 1. The molecule has 0 radical (unpaired) electrons. The molecule has 6 nitrogen and oxygen atoms in total. The van der Waals surface area contributed by atoms with Crippen molar-refractivity contribution in [1.82, 2.24) is 15.0 Å². The topological polar surface area (TPSA) is 79.5 Å². The Morgan fingerprint density at radius 1 is 1.60 bits per heavy atom. The zero-order valence-corrected chi connectivity index (χ0v) is 12.7. The summed E-state index contributed by atoms with van der Waals surface area (Å²) >= 11 is 0. The first kappa shape index (κ1) is 16.9. The molecular formula is C13H22ClN3O3. The second kappa shape index (κ2) is 7.59. The maximum Gasteiger partial charge on any atom is 0.320 e. The quantitative estimate of drug-likeness (QED) is 0.895. The first-order valence-corrected chi connectivity index (χ1v) is 6.86. The van der Waals surface area contributed by atoms with E-state index in [1.165, 1.54) is 0 Å². The van der Waals surface area contributed by atoms with E-state index in [0.717, 1.165) is 38.2 Å². The third kappa shape index (κ3) is 4.18. The number of piperidine rings is 1. The molecule has 2 atom stereocenters. The van der Waals surface area contributed by atoms with Crippen LogP contribution in [0.1, 0.15) is 37.9 Å². The van der Waals surface area contributed by atoms with E-state index >= 15 is 0 Å². The van der Waals surface area contributed by atoms with Crippen molar-refractivity contribution in [2.75, 3.05) is 13.1 Å². The predicted octanol–water partition coefficient (Wildman–Crippen LogP) is 1.92. The van der Waals surface area contributed by atoms with Crippen LogP contribution >= 0.6 is 12.4 Å². The summed E-state index contributed by atoms with van der Waals surface area (Å²) in [4.78, 5) is 17.5. The van der Waals surface area contributed by atoms with Crippen molar-refractivity contribution in [2.24, 2.45) is 5.92 Å². The molecule has 0 spiro atoms. The molecular weight excluding hydrogens is 282 g/mol. The van der Waals surface area contributed by atoms with Crippen LogP contribution in [0.15, 0.2) is 4.52 Å². The molecule has 0 aromatic carbocycles. The summed E-state index contributed by atoms with van der Waals surface area (Å²) in [7, 11) is 0. The Morgan fingerprint density at radius 3 is 2.90 bits per heavy atom. The molecule has 1 aliphatic heterocycles. The fraction of sp³-hybridized carbons (Fsp3) is 0.769. The minimum absolute atomic E-state index is 0. The van der Waals surface area contributed by atoms with Crippen LogP contribution in [0.25, 0.3) is 0 Å². The van der Waals surface area contributed by atoms with Gasteiger partial charge in [0.25, 0.3) is 0 Å². The number of carbonyl (C=O) groups is 1. The lowest BCUT2D eigenvalue weighted by Gasteiger charge is -2.35. The van der Waals surface area contributed by atoms with E-state index in [-0.39, 0.29) is 18.4 Å². The third-order valence-electron chi connectivity index (χ3n) is 3.70. The van der Waals surface area contributed by atoms with Gasteiger partial charge < -0.3 is 9.63 Å². The van der Waals surface area contributed by atoms with E-state index in [1.807, 2.05) is 6.92 Å². The van der Waals surface area contributed by atoms with Crippen molar-refractivity contribution in [3.63, 3.8) is 0 Å². The van der Waals surface area contributed by atoms with Crippen molar-refractivity contribution in [2.45, 2.75) is 45.6 Å². The fourth-order valence-corrected chi connectivity index (χ4v) is 2.82. The molecule has 0 amide bonds. The zero-order valence-electron chi connectivity index (χ0n) is 11.9. The van der Waals surface area contributed by atoms with Crippen LogP contribution in [-0.2, 0) is 11.2 Å². The Hall–Kier alpha value is -1.14. The van der Waals surface area contributed by atoms with Gasteiger partial charge in [-0.3, -0.25) is 9.69 Å². The highest BCUT2D eigenvalue weighted by atomic mass is 35.5. The molecule has 1 N–H and O–H groups in total. The van der Waals surface area contributed by atoms with Gasteiger partial charge >= 0.3 is 5.97 Å². The van der Waals surface area contributed by atoms with Gasteiger partial charge in [-0.25, -0.2) is 0 Å². The first-order valence-electron chi connectivity index (χ1n) is 6.86. The lowest BCUT2D eigenvalue weighted by molar-refractivity contribution is -0.144. The highest BCUT2D eigenvalue weighted by molar-refractivity contribution is 5.85. The van der Waals surface area contributed by atoms with Gasteiger partial charge in [0.05, 0.1) is 0 Å². The molecule has 2 rings (SSSR count). The van der Waals surface area contributed by atoms with Crippen molar-refractivity contribution in [3.8, 4) is 0 Å². The Bertz CT molecular complexity index is 438. The van der Waals surface area contributed by atoms with Gasteiger partial charge in [-0.1, -0.05) is 12.1 Å². The zero-order chi connectivity index (χ0) is 13.8. The van der Waals surface area contributed by atoms with Crippen LogP contribution in [0.4, 0.5) is 0 Å². The smallest absolute Gasteiger partial charge is 0.320 e. The maximum atomic E-state index is 11.2. The number of hydrogen-bond acceptors (Lipinski definition) is 5. The molecule has 2 heterocycles. The van der Waals surface area contributed by atoms with Crippen molar-refractivity contribution in [1.29, 1.82) is 0 Å². The van der Waals surface area contributed by atoms with Crippen molar-refractivity contribution in [3.05, 3.63) is 11.7 Å². The fourth-order valence-electron chi connectivity index (χ4n) is 2.82. The van der Waals surface area contributed by atoms with Gasteiger partial charge in [0.2, 0.25) is 5.89 Å². The number of aliphatic carboxylic acids is 1. The molecule has 114 valence electrons. The molecule has 1 aromatic heterocycles. The van der Waals surface area contributed by atoms with E-state index in [1.54, 1.807) is 6.92 Å². The highest BCUT2D eigenvalue weighted by Crippen LogP contribution is 2.22. The van der Waals surface area contributed by atoms with E-state index in [4.69, 9.17) is 4.52 Å². The molecule has 20 heavy (non-hydrogen) atoms. The molecule has 1 aliphatic rings. The Kier molecular flexibility index (Phi) is 6.42. The molecule has 1 aromatic rings. The number of likely N-dealkylation sites (tertiary alicyclic amines) is 1. The van der Waals surface area contributed by atoms with E-state index in [9.17, 15) is 9.90 Å². The van der Waals surface area contributed by atoms with Gasteiger partial charge in [0.15, 0.2) is 5.82 Å². The number of carboxylic acid groups (broad SMARTS) is 1. The van der Waals surface area contributed by atoms with E-state index < -0.39 is 5.97 Å². The molecule has 1 saturated heterocycles. The number of nitrogens with zero attached hydrogens (tertiary/aromatic N) is 3. The second-order valence-electron chi connectivity index (χ2n) is 5.20. The summed E-state index contributed by atoms with van der Waals surface area (Å²) in [6.07, 6.45) is 3.54. The largest absolute Gasteiger partial charge is 0.480 e. The second-order valence-corrected chi connectivity index (χ2v) is 5.20. The van der Waals surface area contributed by atoms with Gasteiger partial charge in [-0.2, -0.15) is 4.98 Å². The van der Waals surface area contributed by atoms with Crippen LogP contribution in [0.3, 0.4) is 0 Å². The first-order chi connectivity index (χ1) is 9.10. The van der Waals surface area contributed by atoms with Gasteiger partial charge in [0, 0.05) is 19.9 Å². The summed E-state index contributed by atoms with van der Waals surface area (Å²) < 4.78 is 4.97. The Labute approximate surface area is 124 Å². The van der Waals surface area contributed by atoms with Crippen molar-refractivity contribution >= 4 is 18.4 Å². The predicted molar refractivity (Wildman–Crippen MR) is 76.0 cm³/mol. The van der Waals surface area contributed by atoms with Crippen LogP contribution in [0, 0.1) is 12.8 Å². The SMILES string of the molecule is CCC(C(=O)O)N1CCCC(Cc2noc(C)n2)C1.Cl. The molecule has 2 unspecified atom stereocenters. The minimum atomic E-state index is -0.724. The number of hydrogen-bond donors (Lipinski definition) is 1. The van der Waals surface area contributed by atoms with Crippen LogP contribution in [0.2, 0.25) is 0 Å². The number of aryl methyl sites for hydroxylation is 1. The lowest BCUT2D eigenvalue weighted by atomic mass is 9.93. The summed E-state index contributed by atoms with van der Waals surface area (Å²) in [5.74, 6) is 1.00. The summed E-state index contributed by atoms with van der Waals surface area (Å²) in [6.45, 7) is 5.37. The summed E-state index contributed by atoms with van der Waals surface area (Å²) in [5.41, 5.74) is 0. The highest BCUT2D eigenvalue weighted by Gasteiger charge is 2.29. The Morgan fingerprint density at radius 2 is 2.35 bits per heavy atom. The van der Waals surface area contributed by atoms with E-state index in [2.05, 4.69) is 15.0 Å². The van der Waals surface area contributed by atoms with Crippen LogP contribution in [0.5, 0.6) is 0 Å². The van der Waals surface area contributed by atoms with Crippen LogP contribution < -0.4 is 0 Å². The van der Waals surface area contributed by atoms with Crippen molar-refractivity contribution < 1.29 is 14.4 Å². The molecule has 0 bridgehead atoms. The standard InChI is InChI=1S/C13H21N3O3.ClH/c1-3-11(13(17)18)16-6-4-5-10(8-16)7-12-14-9(2)19-15-12;/h10-11H,3-8H2,1-2H3,(H,17,18);1H. The monoisotopic (exact) mass is 303 g/mol. The molecule has 0 aliphatic carbocycles. The lowest BCUT2D eigenvalue weighted by Crippen LogP contribution is -2.46. The summed E-state index contributed by atoms with van der Waals surface area (Å²) in [5, 5.41) is 13.1. The number of halogens is 1. The minimum Gasteiger partial charge on any atom is -0.480 e. The van der Waals surface area contributed by atoms with Gasteiger partial charge in [-0.05, 0) is 31.7 Å². The number of rotatable bonds is 5. The normalized spacial score (nSPS) is 21.2.